The molecule has 1 saturated heterocycles. The molecular formula is C24H27N9O. The van der Waals surface area contributed by atoms with Gasteiger partial charge in [0.1, 0.15) is 24.1 Å². The summed E-state index contributed by atoms with van der Waals surface area (Å²) in [5.74, 6) is 1.35. The highest BCUT2D eigenvalue weighted by atomic mass is 16.5. The van der Waals surface area contributed by atoms with Gasteiger partial charge in [-0.05, 0) is 49.9 Å². The van der Waals surface area contributed by atoms with E-state index in [9.17, 15) is 0 Å². The Morgan fingerprint density at radius 3 is 2.91 bits per heavy atom. The lowest BCUT2D eigenvalue weighted by Gasteiger charge is -2.24. The number of hydrogen-bond acceptors (Lipinski definition) is 9. The summed E-state index contributed by atoms with van der Waals surface area (Å²) >= 11 is 0. The Bertz CT molecular complexity index is 1310. The molecule has 0 amide bonds. The quantitative estimate of drug-likeness (QED) is 0.266. The molecule has 0 radical (unpaired) electrons. The van der Waals surface area contributed by atoms with Crippen molar-refractivity contribution in [3.05, 3.63) is 65.4 Å². The van der Waals surface area contributed by atoms with Crippen LogP contribution in [0.2, 0.25) is 0 Å². The number of aromatic nitrogens is 5. The van der Waals surface area contributed by atoms with Crippen LogP contribution in [0.5, 0.6) is 5.88 Å². The first-order chi connectivity index (χ1) is 16.6. The van der Waals surface area contributed by atoms with Gasteiger partial charge in [0.05, 0.1) is 29.7 Å². The monoisotopic (exact) mass is 457 g/mol. The van der Waals surface area contributed by atoms with Crippen LogP contribution in [0.4, 0.5) is 11.6 Å². The number of H-pyrrole nitrogens is 1. The topological polar surface area (TPSA) is 151 Å². The fourth-order valence-electron chi connectivity index (χ4n) is 4.23. The smallest absolute Gasteiger partial charge is 0.222 e. The van der Waals surface area contributed by atoms with Gasteiger partial charge in [-0.25, -0.2) is 15.0 Å². The summed E-state index contributed by atoms with van der Waals surface area (Å²) in [6.45, 7) is 4.36. The van der Waals surface area contributed by atoms with Crippen LogP contribution in [-0.2, 0) is 6.54 Å². The van der Waals surface area contributed by atoms with Gasteiger partial charge in [0.2, 0.25) is 5.88 Å². The molecule has 1 fully saturated rings. The summed E-state index contributed by atoms with van der Waals surface area (Å²) in [5, 5.41) is 24.0. The second-order valence-electron chi connectivity index (χ2n) is 8.36. The molecule has 4 heterocycles. The molecule has 1 aromatic carbocycles. The van der Waals surface area contributed by atoms with Crippen molar-refractivity contribution in [2.45, 2.75) is 32.4 Å². The Hall–Kier alpha value is -4.05. The molecular weight excluding hydrogens is 430 g/mol. The van der Waals surface area contributed by atoms with Gasteiger partial charge in [-0.15, -0.1) is 0 Å². The summed E-state index contributed by atoms with van der Waals surface area (Å²) in [7, 11) is 0. The summed E-state index contributed by atoms with van der Waals surface area (Å²) < 4.78 is 6.40. The number of nitrogens with zero attached hydrogens (tertiary/aromatic N) is 4. The lowest BCUT2D eigenvalue weighted by Crippen LogP contribution is -2.34. The second-order valence-corrected chi connectivity index (χ2v) is 8.36. The number of piperidine rings is 1. The zero-order valence-corrected chi connectivity index (χ0v) is 18.9. The molecule has 4 aromatic rings. The Morgan fingerprint density at radius 2 is 2.12 bits per heavy atom. The van der Waals surface area contributed by atoms with Crippen molar-refractivity contribution in [3.8, 4) is 5.88 Å². The van der Waals surface area contributed by atoms with E-state index in [-0.39, 0.29) is 17.6 Å². The molecule has 0 saturated carbocycles. The first kappa shape index (κ1) is 21.8. The molecule has 34 heavy (non-hydrogen) atoms. The zero-order valence-electron chi connectivity index (χ0n) is 18.9. The molecule has 174 valence electrons. The van der Waals surface area contributed by atoms with E-state index < -0.39 is 0 Å². The minimum Gasteiger partial charge on any atom is -0.474 e. The Labute approximate surface area is 196 Å². The van der Waals surface area contributed by atoms with Gasteiger partial charge in [0.25, 0.3) is 0 Å². The fourth-order valence-corrected chi connectivity index (χ4v) is 4.23. The number of pyridine rings is 1. The molecule has 3 aromatic heterocycles. The number of aromatic amines is 1. The Balaban J connectivity index is 1.45. The molecule has 0 atom stereocenters. The average Bonchev–Trinajstić information content (AvgIpc) is 3.38. The number of nitrogens with two attached hydrogens (primary N) is 1. The van der Waals surface area contributed by atoms with Gasteiger partial charge in [0.15, 0.2) is 0 Å². The number of nitrogens with one attached hydrogen (secondary N) is 4. The van der Waals surface area contributed by atoms with Crippen LogP contribution in [-0.4, -0.2) is 50.1 Å². The number of nitrogen functional groups attached to an aromatic ring is 1. The van der Waals surface area contributed by atoms with E-state index in [2.05, 4.69) is 55.9 Å². The van der Waals surface area contributed by atoms with Crippen LogP contribution in [0.25, 0.3) is 10.8 Å². The molecule has 0 unspecified atom stereocenters. The lowest BCUT2D eigenvalue weighted by molar-refractivity contribution is 0.158. The van der Waals surface area contributed by atoms with E-state index in [1.807, 2.05) is 6.07 Å². The van der Waals surface area contributed by atoms with Crippen molar-refractivity contribution in [3.63, 3.8) is 0 Å². The summed E-state index contributed by atoms with van der Waals surface area (Å²) in [5.41, 5.74) is 9.26. The molecule has 10 nitrogen and oxygen atoms in total. The van der Waals surface area contributed by atoms with E-state index in [4.69, 9.17) is 20.9 Å². The number of hydrogen-bond donors (Lipinski definition) is 5. The lowest BCUT2D eigenvalue weighted by atomic mass is 10.1. The van der Waals surface area contributed by atoms with E-state index in [1.54, 1.807) is 12.4 Å². The van der Waals surface area contributed by atoms with E-state index in [0.717, 1.165) is 48.0 Å². The van der Waals surface area contributed by atoms with E-state index >= 15 is 0 Å². The van der Waals surface area contributed by atoms with Gasteiger partial charge < -0.3 is 21.1 Å². The number of benzene rings is 1. The van der Waals surface area contributed by atoms with Gasteiger partial charge in [0, 0.05) is 17.1 Å². The number of aryl methyl sites for hydroxylation is 1. The summed E-state index contributed by atoms with van der Waals surface area (Å²) in [4.78, 5) is 13.3. The van der Waals surface area contributed by atoms with Gasteiger partial charge >= 0.3 is 0 Å². The van der Waals surface area contributed by atoms with Crippen LogP contribution in [0.3, 0.4) is 0 Å². The van der Waals surface area contributed by atoms with Crippen molar-refractivity contribution in [1.29, 1.82) is 5.41 Å². The van der Waals surface area contributed by atoms with Crippen molar-refractivity contribution in [2.24, 2.45) is 0 Å². The number of anilines is 2. The Kier molecular flexibility index (Phi) is 6.05. The SMILES string of the molecule is Cc1cccc2cc(CNc3ncnc(N)c3C(=N)c3cn[nH]c3)nc(OC3CCNCC3)c12. The van der Waals surface area contributed by atoms with E-state index in [0.29, 0.717) is 29.4 Å². The summed E-state index contributed by atoms with van der Waals surface area (Å²) in [6, 6.07) is 8.25. The third-order valence-electron chi connectivity index (χ3n) is 6.00. The third-order valence-corrected chi connectivity index (χ3v) is 6.00. The van der Waals surface area contributed by atoms with Crippen molar-refractivity contribution in [2.75, 3.05) is 24.1 Å². The zero-order chi connectivity index (χ0) is 23.5. The molecule has 0 aliphatic carbocycles. The second kappa shape index (κ2) is 9.44. The molecule has 5 rings (SSSR count). The van der Waals surface area contributed by atoms with Crippen LogP contribution >= 0.6 is 0 Å². The predicted octanol–water partition coefficient (Wildman–Crippen LogP) is 2.80. The van der Waals surface area contributed by atoms with Gasteiger partial charge in [-0.1, -0.05) is 18.2 Å². The maximum Gasteiger partial charge on any atom is 0.222 e. The minimum atomic E-state index is 0.142. The number of rotatable bonds is 7. The first-order valence-corrected chi connectivity index (χ1v) is 11.3. The van der Waals surface area contributed by atoms with Crippen LogP contribution in [0, 0.1) is 12.3 Å². The summed E-state index contributed by atoms with van der Waals surface area (Å²) in [6.07, 6.45) is 6.64. The number of fused-ring (bicyclic) bond motifs is 1. The molecule has 1 aliphatic heterocycles. The van der Waals surface area contributed by atoms with Crippen LogP contribution in [0.15, 0.2) is 43.0 Å². The fraction of sp³-hybridized carbons (Fsp3) is 0.292. The van der Waals surface area contributed by atoms with Crippen molar-refractivity contribution >= 4 is 28.1 Å². The highest BCUT2D eigenvalue weighted by Crippen LogP contribution is 2.30. The van der Waals surface area contributed by atoms with Crippen LogP contribution in [0.1, 0.15) is 35.2 Å². The minimum absolute atomic E-state index is 0.142. The van der Waals surface area contributed by atoms with Crippen LogP contribution < -0.4 is 21.1 Å². The van der Waals surface area contributed by atoms with Gasteiger partial charge in [-0.3, -0.25) is 10.5 Å². The molecule has 10 heteroatoms. The van der Waals surface area contributed by atoms with Crippen molar-refractivity contribution < 1.29 is 4.74 Å². The highest BCUT2D eigenvalue weighted by Gasteiger charge is 2.20. The average molecular weight is 458 g/mol. The number of ether oxygens (including phenoxy) is 1. The molecule has 0 spiro atoms. The maximum atomic E-state index is 8.56. The molecule has 1 aliphatic rings. The maximum absolute atomic E-state index is 8.56. The first-order valence-electron chi connectivity index (χ1n) is 11.3. The van der Waals surface area contributed by atoms with E-state index in [1.165, 1.54) is 6.33 Å². The van der Waals surface area contributed by atoms with Gasteiger partial charge in [-0.2, -0.15) is 5.10 Å². The van der Waals surface area contributed by atoms with Crippen molar-refractivity contribution in [1.82, 2.24) is 30.5 Å². The normalized spacial score (nSPS) is 14.3. The largest absolute Gasteiger partial charge is 0.474 e. The molecule has 0 bridgehead atoms. The highest BCUT2D eigenvalue weighted by molar-refractivity contribution is 6.15. The molecule has 6 N–H and O–H groups in total. The third kappa shape index (κ3) is 4.40. The standard InChI is InChI=1S/C24H27N9O/c1-14-3-2-4-15-9-17(33-24(19(14)15)34-18-5-7-27-8-6-18)12-28-23-20(22(26)29-13-30-23)21(25)16-10-31-32-11-16/h2-4,9-11,13,18,25,27H,5-8,12H2,1H3,(H,31,32)(H3,26,28,29,30). The Morgan fingerprint density at radius 1 is 1.26 bits per heavy atom. The predicted molar refractivity (Wildman–Crippen MR) is 131 cm³/mol.